The number of hydrogen-bond acceptors (Lipinski definition) is 5. The Morgan fingerprint density at radius 1 is 1.12 bits per heavy atom. The fraction of sp³-hybridized carbons (Fsp3) is 0.333. The van der Waals surface area contributed by atoms with Gasteiger partial charge in [0.1, 0.15) is 0 Å². The van der Waals surface area contributed by atoms with Crippen molar-refractivity contribution < 1.29 is 9.59 Å². The quantitative estimate of drug-likeness (QED) is 0.297. The zero-order chi connectivity index (χ0) is 24.7. The molecular weight excluding hydrogens is 538 g/mol. The second-order valence-electron chi connectivity index (χ2n) is 8.06. The summed E-state index contributed by atoms with van der Waals surface area (Å²) in [5, 5.41) is 15.7. The summed E-state index contributed by atoms with van der Waals surface area (Å²) in [6, 6.07) is 14.0. The van der Waals surface area contributed by atoms with Gasteiger partial charge in [-0.3, -0.25) is 9.59 Å². The molecule has 2 N–H and O–H groups in total. The van der Waals surface area contributed by atoms with Crippen LogP contribution in [0.3, 0.4) is 0 Å². The molecule has 0 aliphatic carbocycles. The molecule has 1 aromatic heterocycles. The van der Waals surface area contributed by atoms with E-state index in [1.165, 1.54) is 11.8 Å². The van der Waals surface area contributed by atoms with Gasteiger partial charge in [0, 0.05) is 16.7 Å². The van der Waals surface area contributed by atoms with E-state index in [2.05, 4.69) is 50.6 Å². The lowest BCUT2D eigenvalue weighted by Crippen LogP contribution is -2.31. The largest absolute Gasteiger partial charge is 0.342 e. The van der Waals surface area contributed by atoms with E-state index >= 15 is 0 Å². The van der Waals surface area contributed by atoms with Crippen molar-refractivity contribution in [1.82, 2.24) is 20.1 Å². The molecule has 0 spiro atoms. The number of amides is 2. The molecule has 34 heavy (non-hydrogen) atoms. The smallest absolute Gasteiger partial charge is 0.253 e. The van der Waals surface area contributed by atoms with E-state index in [1.807, 2.05) is 35.8 Å². The standard InChI is InChI=1S/C24H27BrClN5O2S/c1-4-31-22(20(13-15(2)3)28-23(33)18-7-5-6-8-19(18)26)29-30-24(31)34-14-21(32)27-17-11-9-16(25)10-12-17/h5-12,15,20H,4,13-14H2,1-3H3,(H,27,32)(H,28,33)/t20-/m0/s1. The number of carbonyl (C=O) groups is 2. The van der Waals surface area contributed by atoms with Crippen molar-refractivity contribution in [2.75, 3.05) is 11.1 Å². The van der Waals surface area contributed by atoms with E-state index in [0.29, 0.717) is 40.5 Å². The molecular formula is C24H27BrClN5O2S. The van der Waals surface area contributed by atoms with Gasteiger partial charge in [0.05, 0.1) is 22.4 Å². The predicted octanol–water partition coefficient (Wildman–Crippen LogP) is 5.96. The highest BCUT2D eigenvalue weighted by Crippen LogP contribution is 2.26. The summed E-state index contributed by atoms with van der Waals surface area (Å²) in [6.07, 6.45) is 0.684. The van der Waals surface area contributed by atoms with Gasteiger partial charge in [0.2, 0.25) is 5.91 Å². The summed E-state index contributed by atoms with van der Waals surface area (Å²) in [5.74, 6) is 0.767. The van der Waals surface area contributed by atoms with Gasteiger partial charge < -0.3 is 15.2 Å². The molecule has 3 aromatic rings. The minimum atomic E-state index is -0.345. The maximum absolute atomic E-state index is 12.9. The Bertz CT molecular complexity index is 1140. The molecule has 0 aliphatic rings. The van der Waals surface area contributed by atoms with Crippen LogP contribution in [0.4, 0.5) is 5.69 Å². The Kier molecular flexibility index (Phi) is 9.55. The number of benzene rings is 2. The van der Waals surface area contributed by atoms with Crippen LogP contribution in [0, 0.1) is 5.92 Å². The van der Waals surface area contributed by atoms with E-state index < -0.39 is 0 Å². The molecule has 0 saturated carbocycles. The molecule has 7 nitrogen and oxygen atoms in total. The first-order valence-corrected chi connectivity index (χ1v) is 13.1. The average molecular weight is 565 g/mol. The lowest BCUT2D eigenvalue weighted by Gasteiger charge is -2.21. The van der Waals surface area contributed by atoms with Crippen LogP contribution in [0.2, 0.25) is 5.02 Å². The average Bonchev–Trinajstić information content (AvgIpc) is 3.21. The fourth-order valence-electron chi connectivity index (χ4n) is 3.40. The van der Waals surface area contributed by atoms with E-state index in [0.717, 1.165) is 10.2 Å². The Labute approximate surface area is 217 Å². The van der Waals surface area contributed by atoms with Crippen LogP contribution in [-0.2, 0) is 11.3 Å². The van der Waals surface area contributed by atoms with Gasteiger partial charge in [-0.1, -0.05) is 65.3 Å². The summed E-state index contributed by atoms with van der Waals surface area (Å²) in [7, 11) is 0. The fourth-order valence-corrected chi connectivity index (χ4v) is 4.70. The topological polar surface area (TPSA) is 88.9 Å². The minimum absolute atomic E-state index is 0.134. The van der Waals surface area contributed by atoms with E-state index in [-0.39, 0.29) is 23.6 Å². The number of nitrogens with zero attached hydrogens (tertiary/aromatic N) is 3. The van der Waals surface area contributed by atoms with Gasteiger partial charge in [0.25, 0.3) is 5.91 Å². The second-order valence-corrected chi connectivity index (χ2v) is 10.3. The first kappa shape index (κ1) is 26.2. The molecule has 1 heterocycles. The first-order valence-electron chi connectivity index (χ1n) is 10.9. The van der Waals surface area contributed by atoms with Gasteiger partial charge in [-0.2, -0.15) is 0 Å². The van der Waals surface area contributed by atoms with Gasteiger partial charge in [-0.25, -0.2) is 0 Å². The summed E-state index contributed by atoms with van der Waals surface area (Å²) in [6.45, 7) is 6.77. The van der Waals surface area contributed by atoms with Crippen molar-refractivity contribution in [3.05, 3.63) is 69.4 Å². The third kappa shape index (κ3) is 7.07. The minimum Gasteiger partial charge on any atom is -0.342 e. The number of rotatable bonds is 10. The highest BCUT2D eigenvalue weighted by molar-refractivity contribution is 9.10. The van der Waals surface area contributed by atoms with E-state index in [1.54, 1.807) is 24.3 Å². The number of aromatic nitrogens is 3. The Morgan fingerprint density at radius 2 is 1.82 bits per heavy atom. The predicted molar refractivity (Wildman–Crippen MR) is 140 cm³/mol. The lowest BCUT2D eigenvalue weighted by atomic mass is 10.0. The van der Waals surface area contributed by atoms with Crippen molar-refractivity contribution in [2.24, 2.45) is 5.92 Å². The molecule has 3 rings (SSSR count). The van der Waals surface area contributed by atoms with E-state index in [9.17, 15) is 9.59 Å². The first-order chi connectivity index (χ1) is 16.3. The third-order valence-corrected chi connectivity index (χ3v) is 6.79. The van der Waals surface area contributed by atoms with Gasteiger partial charge in [-0.05, 0) is 55.7 Å². The maximum atomic E-state index is 12.9. The third-order valence-electron chi connectivity index (χ3n) is 4.96. The highest BCUT2D eigenvalue weighted by atomic mass is 79.9. The molecule has 10 heteroatoms. The van der Waals surface area contributed by atoms with Crippen LogP contribution in [0.1, 0.15) is 49.4 Å². The molecule has 2 aromatic carbocycles. The highest BCUT2D eigenvalue weighted by Gasteiger charge is 2.25. The van der Waals surface area contributed by atoms with Crippen LogP contribution in [0.15, 0.2) is 58.2 Å². The van der Waals surface area contributed by atoms with Crippen LogP contribution in [-0.4, -0.2) is 32.3 Å². The van der Waals surface area contributed by atoms with E-state index in [4.69, 9.17) is 11.6 Å². The molecule has 0 bridgehead atoms. The number of halogens is 2. The number of nitrogens with one attached hydrogen (secondary N) is 2. The molecule has 0 unspecified atom stereocenters. The van der Waals surface area contributed by atoms with Crippen LogP contribution in [0.5, 0.6) is 0 Å². The summed E-state index contributed by atoms with van der Waals surface area (Å²) in [5.41, 5.74) is 1.14. The normalized spacial score (nSPS) is 11.9. The molecule has 0 fully saturated rings. The SMILES string of the molecule is CCn1c(SCC(=O)Nc2ccc(Br)cc2)nnc1[C@H](CC(C)C)NC(=O)c1ccccc1Cl. The summed E-state index contributed by atoms with van der Waals surface area (Å²) in [4.78, 5) is 25.4. The Balaban J connectivity index is 1.73. The number of carbonyl (C=O) groups excluding carboxylic acids is 2. The van der Waals surface area contributed by atoms with Crippen molar-refractivity contribution in [1.29, 1.82) is 0 Å². The van der Waals surface area contributed by atoms with Crippen molar-refractivity contribution >= 4 is 56.8 Å². The van der Waals surface area contributed by atoms with Gasteiger partial charge in [-0.15, -0.1) is 10.2 Å². The molecule has 1 atom stereocenters. The number of anilines is 1. The summed E-state index contributed by atoms with van der Waals surface area (Å²) >= 11 is 10.9. The molecule has 0 aliphatic heterocycles. The molecule has 0 radical (unpaired) electrons. The van der Waals surface area contributed by atoms with Crippen molar-refractivity contribution in [3.8, 4) is 0 Å². The zero-order valence-corrected chi connectivity index (χ0v) is 22.4. The monoisotopic (exact) mass is 563 g/mol. The lowest BCUT2D eigenvalue weighted by molar-refractivity contribution is -0.113. The number of thioether (sulfide) groups is 1. The van der Waals surface area contributed by atoms with Crippen molar-refractivity contribution in [3.63, 3.8) is 0 Å². The van der Waals surface area contributed by atoms with Gasteiger partial charge in [0.15, 0.2) is 11.0 Å². The maximum Gasteiger partial charge on any atom is 0.253 e. The second kappa shape index (κ2) is 12.4. The molecule has 180 valence electrons. The van der Waals surface area contributed by atoms with Crippen LogP contribution >= 0.6 is 39.3 Å². The van der Waals surface area contributed by atoms with Gasteiger partial charge >= 0.3 is 0 Å². The molecule has 2 amide bonds. The Morgan fingerprint density at radius 3 is 2.47 bits per heavy atom. The van der Waals surface area contributed by atoms with Crippen molar-refractivity contribution in [2.45, 2.75) is 44.9 Å². The van der Waals surface area contributed by atoms with Crippen LogP contribution in [0.25, 0.3) is 0 Å². The number of hydrogen-bond donors (Lipinski definition) is 2. The van der Waals surface area contributed by atoms with Crippen LogP contribution < -0.4 is 10.6 Å². The zero-order valence-electron chi connectivity index (χ0n) is 19.2. The summed E-state index contributed by atoms with van der Waals surface area (Å²) < 4.78 is 2.89. The Hall–Kier alpha value is -2.36. The molecule has 0 saturated heterocycles.